The molecule has 1 aromatic rings. The van der Waals surface area contributed by atoms with Crippen LogP contribution in [-0.2, 0) is 11.3 Å². The van der Waals surface area contributed by atoms with E-state index < -0.39 is 11.5 Å². The van der Waals surface area contributed by atoms with Gasteiger partial charge in [-0.25, -0.2) is 4.98 Å². The SMILES string of the molecule is NCCn1cnc(C(=O)NC2(CC(=O)O)CCCC2)c1. The van der Waals surface area contributed by atoms with Crippen LogP contribution in [0, 0.1) is 0 Å². The second-order valence-corrected chi connectivity index (χ2v) is 5.30. The zero-order valence-corrected chi connectivity index (χ0v) is 11.3. The first-order chi connectivity index (χ1) is 9.54. The minimum atomic E-state index is -0.888. The summed E-state index contributed by atoms with van der Waals surface area (Å²) in [4.78, 5) is 27.2. The first kappa shape index (κ1) is 14.5. The lowest BCUT2D eigenvalue weighted by Gasteiger charge is -2.28. The van der Waals surface area contributed by atoms with Gasteiger partial charge in [-0.3, -0.25) is 9.59 Å². The van der Waals surface area contributed by atoms with Gasteiger partial charge in [-0.15, -0.1) is 0 Å². The number of nitrogens with two attached hydrogens (primary N) is 1. The summed E-state index contributed by atoms with van der Waals surface area (Å²) in [5, 5.41) is 11.9. The summed E-state index contributed by atoms with van der Waals surface area (Å²) in [6, 6.07) is 0. The first-order valence-corrected chi connectivity index (χ1v) is 6.81. The van der Waals surface area contributed by atoms with Crippen molar-refractivity contribution >= 4 is 11.9 Å². The number of rotatable bonds is 6. The van der Waals surface area contributed by atoms with Crippen LogP contribution in [0.3, 0.4) is 0 Å². The van der Waals surface area contributed by atoms with Crippen LogP contribution in [0.4, 0.5) is 0 Å². The number of carbonyl (C=O) groups excluding carboxylic acids is 1. The summed E-state index contributed by atoms with van der Waals surface area (Å²) in [5.74, 6) is -1.20. The number of hydrogen-bond acceptors (Lipinski definition) is 4. The van der Waals surface area contributed by atoms with E-state index in [1.807, 2.05) is 0 Å². The van der Waals surface area contributed by atoms with Crippen molar-refractivity contribution in [1.29, 1.82) is 0 Å². The fourth-order valence-corrected chi connectivity index (χ4v) is 2.74. The summed E-state index contributed by atoms with van der Waals surface area (Å²) in [6.45, 7) is 1.07. The number of aliphatic carboxylic acids is 1. The molecule has 1 saturated carbocycles. The highest BCUT2D eigenvalue weighted by atomic mass is 16.4. The van der Waals surface area contributed by atoms with Gasteiger partial charge < -0.3 is 20.7 Å². The number of imidazole rings is 1. The van der Waals surface area contributed by atoms with E-state index in [0.29, 0.717) is 31.6 Å². The molecule has 0 aromatic carbocycles. The van der Waals surface area contributed by atoms with Crippen molar-refractivity contribution in [3.8, 4) is 0 Å². The van der Waals surface area contributed by atoms with Gasteiger partial charge in [0, 0.05) is 19.3 Å². The Morgan fingerprint density at radius 1 is 1.45 bits per heavy atom. The van der Waals surface area contributed by atoms with Gasteiger partial charge >= 0.3 is 5.97 Å². The fraction of sp³-hybridized carbons (Fsp3) is 0.615. The lowest BCUT2D eigenvalue weighted by atomic mass is 9.93. The number of carboxylic acid groups (broad SMARTS) is 1. The van der Waals surface area contributed by atoms with Crippen LogP contribution in [-0.4, -0.2) is 38.6 Å². The van der Waals surface area contributed by atoms with Crippen LogP contribution in [0.1, 0.15) is 42.6 Å². The molecule has 7 heteroatoms. The van der Waals surface area contributed by atoms with Crippen molar-refractivity contribution in [3.05, 3.63) is 18.2 Å². The van der Waals surface area contributed by atoms with Gasteiger partial charge in [0.1, 0.15) is 5.69 Å². The fourth-order valence-electron chi connectivity index (χ4n) is 2.74. The first-order valence-electron chi connectivity index (χ1n) is 6.81. The highest BCUT2D eigenvalue weighted by molar-refractivity contribution is 5.93. The zero-order valence-electron chi connectivity index (χ0n) is 11.3. The Morgan fingerprint density at radius 2 is 2.15 bits per heavy atom. The highest BCUT2D eigenvalue weighted by Crippen LogP contribution is 2.32. The normalized spacial score (nSPS) is 17.1. The van der Waals surface area contributed by atoms with Crippen LogP contribution in [0.15, 0.2) is 12.5 Å². The molecule has 110 valence electrons. The quantitative estimate of drug-likeness (QED) is 0.697. The molecule has 4 N–H and O–H groups in total. The summed E-state index contributed by atoms with van der Waals surface area (Å²) < 4.78 is 1.74. The molecule has 0 aliphatic heterocycles. The molecule has 1 aromatic heterocycles. The zero-order chi connectivity index (χ0) is 14.6. The Bertz CT molecular complexity index is 492. The van der Waals surface area contributed by atoms with E-state index in [0.717, 1.165) is 12.8 Å². The predicted molar refractivity (Wildman–Crippen MR) is 72.2 cm³/mol. The van der Waals surface area contributed by atoms with Crippen molar-refractivity contribution in [2.24, 2.45) is 5.73 Å². The molecule has 0 radical (unpaired) electrons. The standard InChI is InChI=1S/C13H20N4O3/c14-5-6-17-8-10(15-9-17)12(20)16-13(7-11(18)19)3-1-2-4-13/h8-9H,1-7,14H2,(H,16,20)(H,18,19). The predicted octanol–water partition coefficient (Wildman–Crippen LogP) is 0.359. The molecule has 0 spiro atoms. The Labute approximate surface area is 117 Å². The topological polar surface area (TPSA) is 110 Å². The lowest BCUT2D eigenvalue weighted by molar-refractivity contribution is -0.138. The second kappa shape index (κ2) is 6.04. The summed E-state index contributed by atoms with van der Waals surface area (Å²) in [6.07, 6.45) is 6.43. The monoisotopic (exact) mass is 280 g/mol. The molecule has 1 heterocycles. The van der Waals surface area contributed by atoms with E-state index in [9.17, 15) is 9.59 Å². The Morgan fingerprint density at radius 3 is 2.75 bits per heavy atom. The Balaban J connectivity index is 2.05. The molecule has 1 amide bonds. The van der Waals surface area contributed by atoms with E-state index in [2.05, 4.69) is 10.3 Å². The van der Waals surface area contributed by atoms with Gasteiger partial charge in [-0.2, -0.15) is 0 Å². The molecule has 2 rings (SSSR count). The molecule has 0 saturated heterocycles. The molecule has 7 nitrogen and oxygen atoms in total. The van der Waals surface area contributed by atoms with Gasteiger partial charge in [0.05, 0.1) is 18.3 Å². The van der Waals surface area contributed by atoms with Crippen LogP contribution in [0.25, 0.3) is 0 Å². The van der Waals surface area contributed by atoms with Gasteiger partial charge in [-0.05, 0) is 12.8 Å². The van der Waals surface area contributed by atoms with E-state index in [4.69, 9.17) is 10.8 Å². The Hall–Kier alpha value is -1.89. The highest BCUT2D eigenvalue weighted by Gasteiger charge is 2.37. The lowest BCUT2D eigenvalue weighted by Crippen LogP contribution is -2.47. The van der Waals surface area contributed by atoms with Gasteiger partial charge in [0.15, 0.2) is 0 Å². The molecular weight excluding hydrogens is 260 g/mol. The van der Waals surface area contributed by atoms with E-state index >= 15 is 0 Å². The largest absolute Gasteiger partial charge is 0.481 e. The Kier molecular flexibility index (Phi) is 4.39. The number of nitrogens with one attached hydrogen (secondary N) is 1. The van der Waals surface area contributed by atoms with Crippen LogP contribution >= 0.6 is 0 Å². The maximum atomic E-state index is 12.2. The molecule has 1 aliphatic carbocycles. The summed E-state index contributed by atoms with van der Waals surface area (Å²) >= 11 is 0. The van der Waals surface area contributed by atoms with Gasteiger partial charge in [0.25, 0.3) is 5.91 Å². The van der Waals surface area contributed by atoms with E-state index in [1.54, 1.807) is 17.1 Å². The minimum Gasteiger partial charge on any atom is -0.481 e. The van der Waals surface area contributed by atoms with Crippen LogP contribution < -0.4 is 11.1 Å². The van der Waals surface area contributed by atoms with Gasteiger partial charge in [0.2, 0.25) is 0 Å². The molecule has 0 atom stereocenters. The molecule has 1 fully saturated rings. The molecule has 20 heavy (non-hydrogen) atoms. The molecular formula is C13H20N4O3. The van der Waals surface area contributed by atoms with E-state index in [-0.39, 0.29) is 12.3 Å². The van der Waals surface area contributed by atoms with Crippen LogP contribution in [0.5, 0.6) is 0 Å². The van der Waals surface area contributed by atoms with Crippen molar-refractivity contribution in [3.63, 3.8) is 0 Å². The number of aromatic nitrogens is 2. The third-order valence-electron chi connectivity index (χ3n) is 3.68. The molecule has 1 aliphatic rings. The average molecular weight is 280 g/mol. The van der Waals surface area contributed by atoms with Crippen LogP contribution in [0.2, 0.25) is 0 Å². The summed E-state index contributed by atoms with van der Waals surface area (Å²) in [7, 11) is 0. The van der Waals surface area contributed by atoms with Crippen molar-refractivity contribution in [1.82, 2.24) is 14.9 Å². The molecule has 0 bridgehead atoms. The van der Waals surface area contributed by atoms with Crippen molar-refractivity contribution < 1.29 is 14.7 Å². The van der Waals surface area contributed by atoms with E-state index in [1.165, 1.54) is 0 Å². The number of nitrogens with zero attached hydrogens (tertiary/aromatic N) is 2. The number of hydrogen-bond donors (Lipinski definition) is 3. The average Bonchev–Trinajstić information content (AvgIpc) is 2.98. The summed E-state index contributed by atoms with van der Waals surface area (Å²) in [5.41, 5.74) is 5.12. The second-order valence-electron chi connectivity index (χ2n) is 5.30. The minimum absolute atomic E-state index is 0.0394. The van der Waals surface area contributed by atoms with Crippen molar-refractivity contribution in [2.45, 2.75) is 44.2 Å². The maximum absolute atomic E-state index is 12.2. The third-order valence-corrected chi connectivity index (χ3v) is 3.68. The van der Waals surface area contributed by atoms with Crippen molar-refractivity contribution in [2.75, 3.05) is 6.54 Å². The number of carboxylic acids is 1. The third kappa shape index (κ3) is 3.36. The molecule has 0 unspecified atom stereocenters. The number of carbonyl (C=O) groups is 2. The smallest absolute Gasteiger partial charge is 0.305 e. The van der Waals surface area contributed by atoms with Gasteiger partial charge in [-0.1, -0.05) is 12.8 Å². The number of amides is 1. The maximum Gasteiger partial charge on any atom is 0.305 e.